The van der Waals surface area contributed by atoms with Crippen LogP contribution in [0.1, 0.15) is 46.5 Å². The fourth-order valence-corrected chi connectivity index (χ4v) is 3.19. The van der Waals surface area contributed by atoms with E-state index in [0.29, 0.717) is 28.2 Å². The van der Waals surface area contributed by atoms with Crippen molar-refractivity contribution in [3.8, 4) is 0 Å². The van der Waals surface area contributed by atoms with Crippen LogP contribution in [0.4, 0.5) is 17.1 Å². The molecule has 7 nitrogen and oxygen atoms in total. The summed E-state index contributed by atoms with van der Waals surface area (Å²) >= 11 is 0. The number of hydrogen-bond donors (Lipinski definition) is 4. The highest BCUT2D eigenvalue weighted by atomic mass is 16.2. The summed E-state index contributed by atoms with van der Waals surface area (Å²) in [6.07, 6.45) is 0.851. The van der Waals surface area contributed by atoms with Crippen LogP contribution in [-0.2, 0) is 4.79 Å². The van der Waals surface area contributed by atoms with E-state index in [1.54, 1.807) is 54.6 Å². The molecule has 0 aliphatic rings. The van der Waals surface area contributed by atoms with Gasteiger partial charge in [-0.25, -0.2) is 0 Å². The first-order valence-electron chi connectivity index (χ1n) is 11.3. The number of nitrogens with one attached hydrogen (secondary N) is 4. The Hall–Kier alpha value is -4.13. The van der Waals surface area contributed by atoms with Crippen molar-refractivity contribution < 1.29 is 14.4 Å². The molecular formula is C27H30N4O3. The average Bonchev–Trinajstić information content (AvgIpc) is 2.84. The third-order valence-corrected chi connectivity index (χ3v) is 5.27. The van der Waals surface area contributed by atoms with Crippen LogP contribution in [0.25, 0.3) is 0 Å². The minimum absolute atomic E-state index is 0.0439. The van der Waals surface area contributed by atoms with E-state index >= 15 is 0 Å². The summed E-state index contributed by atoms with van der Waals surface area (Å²) in [7, 11) is 0. The molecule has 0 saturated carbocycles. The highest BCUT2D eigenvalue weighted by Gasteiger charge is 2.10. The number of carbonyl (C=O) groups is 3. The molecule has 0 aliphatic carbocycles. The lowest BCUT2D eigenvalue weighted by atomic mass is 10.1. The van der Waals surface area contributed by atoms with Gasteiger partial charge in [-0.1, -0.05) is 30.7 Å². The molecule has 1 atom stereocenters. The summed E-state index contributed by atoms with van der Waals surface area (Å²) in [6.45, 7) is 5.94. The Morgan fingerprint density at radius 1 is 0.765 bits per heavy atom. The van der Waals surface area contributed by atoms with Crippen LogP contribution in [0.15, 0.2) is 72.8 Å². The Morgan fingerprint density at radius 2 is 1.38 bits per heavy atom. The van der Waals surface area contributed by atoms with Crippen molar-refractivity contribution in [2.24, 2.45) is 0 Å². The molecule has 0 aliphatic heterocycles. The largest absolute Gasteiger partial charge is 0.376 e. The fraction of sp³-hybridized carbons (Fsp3) is 0.222. The molecule has 7 heteroatoms. The second-order valence-corrected chi connectivity index (χ2v) is 8.17. The molecule has 3 rings (SSSR count). The van der Waals surface area contributed by atoms with Gasteiger partial charge in [0.15, 0.2) is 0 Å². The first-order chi connectivity index (χ1) is 16.3. The minimum Gasteiger partial charge on any atom is -0.376 e. The summed E-state index contributed by atoms with van der Waals surface area (Å²) in [5.74, 6) is -0.562. The van der Waals surface area contributed by atoms with E-state index in [-0.39, 0.29) is 30.3 Å². The minimum atomic E-state index is -0.231. The topological polar surface area (TPSA) is 99.3 Å². The Labute approximate surface area is 200 Å². The predicted molar refractivity (Wildman–Crippen MR) is 136 cm³/mol. The molecule has 0 aromatic heterocycles. The van der Waals surface area contributed by atoms with E-state index in [0.717, 1.165) is 12.0 Å². The lowest BCUT2D eigenvalue weighted by Gasteiger charge is -2.13. The number of benzene rings is 3. The Bertz CT molecular complexity index is 1160. The van der Waals surface area contributed by atoms with Gasteiger partial charge < -0.3 is 21.3 Å². The molecule has 3 aromatic rings. The van der Waals surface area contributed by atoms with Gasteiger partial charge in [0.25, 0.3) is 11.8 Å². The van der Waals surface area contributed by atoms with Crippen molar-refractivity contribution in [3.63, 3.8) is 0 Å². The number of carbonyl (C=O) groups excluding carboxylic acids is 3. The maximum Gasteiger partial charge on any atom is 0.255 e. The van der Waals surface area contributed by atoms with E-state index in [2.05, 4.69) is 21.3 Å². The first-order valence-corrected chi connectivity index (χ1v) is 11.3. The van der Waals surface area contributed by atoms with Crippen LogP contribution >= 0.6 is 0 Å². The molecule has 4 N–H and O–H groups in total. The average molecular weight is 459 g/mol. The highest BCUT2D eigenvalue weighted by molar-refractivity contribution is 6.04. The van der Waals surface area contributed by atoms with Crippen LogP contribution in [-0.4, -0.2) is 30.3 Å². The van der Waals surface area contributed by atoms with E-state index in [1.807, 2.05) is 39.0 Å². The van der Waals surface area contributed by atoms with Crippen molar-refractivity contribution in [2.75, 3.05) is 22.5 Å². The maximum absolute atomic E-state index is 12.4. The second-order valence-electron chi connectivity index (χ2n) is 8.17. The standard InChI is InChI=1S/C27H30N4O3/c1-4-19(3)29-26(33)21-9-6-10-24(16-21)28-17-25(32)30-22-11-13-23(14-12-22)31-27(34)20-8-5-7-18(2)15-20/h5-16,19,28H,4,17H2,1-3H3,(H,29,33)(H,30,32)(H,31,34). The summed E-state index contributed by atoms with van der Waals surface area (Å²) in [6, 6.07) is 21.4. The van der Waals surface area contributed by atoms with Crippen molar-refractivity contribution in [1.29, 1.82) is 0 Å². The van der Waals surface area contributed by atoms with Crippen molar-refractivity contribution in [2.45, 2.75) is 33.2 Å². The summed E-state index contributed by atoms with van der Waals surface area (Å²) < 4.78 is 0. The molecule has 0 fully saturated rings. The smallest absolute Gasteiger partial charge is 0.255 e. The van der Waals surface area contributed by atoms with Crippen LogP contribution < -0.4 is 21.3 Å². The number of anilines is 3. The zero-order valence-electron chi connectivity index (χ0n) is 19.6. The Morgan fingerprint density at radius 3 is 2.03 bits per heavy atom. The fourth-order valence-electron chi connectivity index (χ4n) is 3.19. The van der Waals surface area contributed by atoms with Crippen molar-refractivity contribution in [3.05, 3.63) is 89.5 Å². The predicted octanol–water partition coefficient (Wildman–Crippen LogP) is 4.83. The van der Waals surface area contributed by atoms with Crippen LogP contribution in [0.3, 0.4) is 0 Å². The number of hydrogen-bond acceptors (Lipinski definition) is 4. The lowest BCUT2D eigenvalue weighted by Crippen LogP contribution is -2.31. The van der Waals surface area contributed by atoms with E-state index < -0.39 is 0 Å². The summed E-state index contributed by atoms with van der Waals surface area (Å²) in [5.41, 5.74) is 4.07. The Balaban J connectivity index is 1.50. The monoisotopic (exact) mass is 458 g/mol. The molecule has 0 radical (unpaired) electrons. The van der Waals surface area contributed by atoms with Crippen LogP contribution in [0.5, 0.6) is 0 Å². The van der Waals surface area contributed by atoms with Gasteiger partial charge in [-0.3, -0.25) is 14.4 Å². The molecule has 3 amide bonds. The lowest BCUT2D eigenvalue weighted by molar-refractivity contribution is -0.114. The van der Waals surface area contributed by atoms with Gasteiger partial charge in [0.1, 0.15) is 0 Å². The maximum atomic E-state index is 12.4. The molecular weight excluding hydrogens is 428 g/mol. The SMILES string of the molecule is CCC(C)NC(=O)c1cccc(NCC(=O)Nc2ccc(NC(=O)c3cccc(C)c3)cc2)c1. The van der Waals surface area contributed by atoms with E-state index in [4.69, 9.17) is 0 Å². The zero-order valence-corrected chi connectivity index (χ0v) is 19.6. The van der Waals surface area contributed by atoms with Crippen LogP contribution in [0, 0.1) is 6.92 Å². The molecule has 0 heterocycles. The summed E-state index contributed by atoms with van der Waals surface area (Å²) in [5, 5.41) is 11.6. The molecule has 0 bridgehead atoms. The first kappa shape index (κ1) is 24.5. The number of rotatable bonds is 9. The van der Waals surface area contributed by atoms with Gasteiger partial charge in [0.05, 0.1) is 6.54 Å². The van der Waals surface area contributed by atoms with Crippen molar-refractivity contribution in [1.82, 2.24) is 5.32 Å². The van der Waals surface area contributed by atoms with Gasteiger partial charge in [0.2, 0.25) is 5.91 Å². The highest BCUT2D eigenvalue weighted by Crippen LogP contribution is 2.16. The van der Waals surface area contributed by atoms with Gasteiger partial charge >= 0.3 is 0 Å². The van der Waals surface area contributed by atoms with Crippen molar-refractivity contribution >= 4 is 34.8 Å². The molecule has 34 heavy (non-hydrogen) atoms. The van der Waals surface area contributed by atoms with Gasteiger partial charge in [0, 0.05) is 34.2 Å². The Kier molecular flexibility index (Phi) is 8.40. The van der Waals surface area contributed by atoms with Crippen LogP contribution in [0.2, 0.25) is 0 Å². The third kappa shape index (κ3) is 7.20. The van der Waals surface area contributed by atoms with Gasteiger partial charge in [-0.2, -0.15) is 0 Å². The normalized spacial score (nSPS) is 11.3. The van der Waals surface area contributed by atoms with E-state index in [9.17, 15) is 14.4 Å². The second kappa shape index (κ2) is 11.7. The number of amides is 3. The van der Waals surface area contributed by atoms with Gasteiger partial charge in [-0.15, -0.1) is 0 Å². The number of aryl methyl sites for hydroxylation is 1. The molecule has 0 saturated heterocycles. The van der Waals surface area contributed by atoms with E-state index in [1.165, 1.54) is 0 Å². The molecule has 3 aromatic carbocycles. The molecule has 176 valence electrons. The summed E-state index contributed by atoms with van der Waals surface area (Å²) in [4.78, 5) is 37.0. The molecule has 0 spiro atoms. The third-order valence-electron chi connectivity index (χ3n) is 5.27. The molecule has 1 unspecified atom stereocenters. The zero-order chi connectivity index (χ0) is 24.5. The quantitative estimate of drug-likeness (QED) is 0.369. The van der Waals surface area contributed by atoms with Gasteiger partial charge in [-0.05, 0) is 74.9 Å².